The molecule has 2 bridgehead atoms. The predicted octanol–water partition coefficient (Wildman–Crippen LogP) is 1.74. The summed E-state index contributed by atoms with van der Waals surface area (Å²) in [4.78, 5) is 4.20. The Morgan fingerprint density at radius 1 is 1.20 bits per heavy atom. The molecule has 2 aliphatic heterocycles. The van der Waals surface area contributed by atoms with Crippen LogP contribution >= 0.6 is 0 Å². The molecule has 3 nitrogen and oxygen atoms in total. The van der Waals surface area contributed by atoms with E-state index in [1.165, 1.54) is 12.8 Å². The van der Waals surface area contributed by atoms with Gasteiger partial charge in [-0.2, -0.15) is 0 Å². The number of rotatable bonds is 2. The molecule has 1 aromatic rings. The minimum absolute atomic E-state index is 0.360. The summed E-state index contributed by atoms with van der Waals surface area (Å²) in [7, 11) is 0. The maximum absolute atomic E-state index is 5.88. The van der Waals surface area contributed by atoms with Gasteiger partial charge in [0.15, 0.2) is 0 Å². The van der Waals surface area contributed by atoms with Gasteiger partial charge < -0.3 is 10.1 Å². The van der Waals surface area contributed by atoms with Gasteiger partial charge in [-0.1, -0.05) is 6.07 Å². The summed E-state index contributed by atoms with van der Waals surface area (Å²) in [6, 6.07) is 7.18. The normalized spacial score (nSPS) is 34.0. The third-order valence-corrected chi connectivity index (χ3v) is 3.35. The second-order valence-electron chi connectivity index (χ2n) is 4.52. The Bertz CT molecular complexity index is 316. The van der Waals surface area contributed by atoms with Crippen LogP contribution in [0.2, 0.25) is 0 Å². The first kappa shape index (κ1) is 9.16. The van der Waals surface area contributed by atoms with Gasteiger partial charge in [-0.15, -0.1) is 0 Å². The zero-order valence-electron chi connectivity index (χ0n) is 8.73. The summed E-state index contributed by atoms with van der Waals surface area (Å²) < 4.78 is 5.88. The lowest BCUT2D eigenvalue weighted by Gasteiger charge is -2.29. The molecule has 0 spiro atoms. The fourth-order valence-corrected chi connectivity index (χ4v) is 2.69. The van der Waals surface area contributed by atoms with E-state index in [9.17, 15) is 0 Å². The number of pyridine rings is 1. The monoisotopic (exact) mass is 204 g/mol. The van der Waals surface area contributed by atoms with Crippen molar-refractivity contribution in [3.63, 3.8) is 0 Å². The molecular weight excluding hydrogens is 188 g/mol. The van der Waals surface area contributed by atoms with Gasteiger partial charge in [0.1, 0.15) is 6.10 Å². The van der Waals surface area contributed by atoms with E-state index < -0.39 is 0 Å². The van der Waals surface area contributed by atoms with Crippen molar-refractivity contribution in [2.24, 2.45) is 0 Å². The van der Waals surface area contributed by atoms with Gasteiger partial charge in [0.2, 0.25) is 5.88 Å². The fourth-order valence-electron chi connectivity index (χ4n) is 2.69. The molecule has 1 aromatic heterocycles. The molecule has 0 saturated carbocycles. The van der Waals surface area contributed by atoms with Crippen molar-refractivity contribution in [1.82, 2.24) is 10.3 Å². The molecular formula is C12H16N2O. The van der Waals surface area contributed by atoms with Gasteiger partial charge in [0.25, 0.3) is 0 Å². The second-order valence-corrected chi connectivity index (χ2v) is 4.52. The Morgan fingerprint density at radius 3 is 2.67 bits per heavy atom. The Kier molecular flexibility index (Phi) is 2.33. The van der Waals surface area contributed by atoms with Crippen molar-refractivity contribution in [3.8, 4) is 5.88 Å². The number of hydrogen-bond acceptors (Lipinski definition) is 3. The van der Waals surface area contributed by atoms with Gasteiger partial charge >= 0.3 is 0 Å². The highest BCUT2D eigenvalue weighted by Gasteiger charge is 2.34. The average Bonchev–Trinajstić information content (AvgIpc) is 2.60. The van der Waals surface area contributed by atoms with Gasteiger partial charge in [0.05, 0.1) is 0 Å². The summed E-state index contributed by atoms with van der Waals surface area (Å²) >= 11 is 0. The van der Waals surface area contributed by atoms with Crippen LogP contribution in [0, 0.1) is 0 Å². The molecule has 0 radical (unpaired) electrons. The highest BCUT2D eigenvalue weighted by atomic mass is 16.5. The van der Waals surface area contributed by atoms with Gasteiger partial charge in [-0.3, -0.25) is 0 Å². The molecule has 80 valence electrons. The maximum atomic E-state index is 5.88. The van der Waals surface area contributed by atoms with Crippen molar-refractivity contribution in [2.45, 2.75) is 43.9 Å². The quantitative estimate of drug-likeness (QED) is 0.796. The molecule has 1 N–H and O–H groups in total. The van der Waals surface area contributed by atoms with Crippen molar-refractivity contribution in [3.05, 3.63) is 24.4 Å². The van der Waals surface area contributed by atoms with Crippen molar-refractivity contribution in [2.75, 3.05) is 0 Å². The van der Waals surface area contributed by atoms with Crippen LogP contribution in [0.3, 0.4) is 0 Å². The summed E-state index contributed by atoms with van der Waals surface area (Å²) in [6.07, 6.45) is 7.03. The summed E-state index contributed by atoms with van der Waals surface area (Å²) in [6.45, 7) is 0. The number of aromatic nitrogens is 1. The van der Waals surface area contributed by atoms with Crippen LogP contribution in [-0.2, 0) is 0 Å². The smallest absolute Gasteiger partial charge is 0.213 e. The molecule has 3 heterocycles. The summed E-state index contributed by atoms with van der Waals surface area (Å²) in [5.41, 5.74) is 0. The Morgan fingerprint density at radius 2 is 2.00 bits per heavy atom. The molecule has 2 fully saturated rings. The van der Waals surface area contributed by atoms with Crippen LogP contribution in [0.25, 0.3) is 0 Å². The highest BCUT2D eigenvalue weighted by Crippen LogP contribution is 2.28. The van der Waals surface area contributed by atoms with Crippen molar-refractivity contribution in [1.29, 1.82) is 0 Å². The number of nitrogens with zero attached hydrogens (tertiary/aromatic N) is 1. The predicted molar refractivity (Wildman–Crippen MR) is 57.8 cm³/mol. The van der Waals surface area contributed by atoms with Crippen LogP contribution in [-0.4, -0.2) is 23.2 Å². The van der Waals surface area contributed by atoms with Crippen LogP contribution < -0.4 is 10.1 Å². The van der Waals surface area contributed by atoms with Gasteiger partial charge in [-0.25, -0.2) is 4.98 Å². The molecule has 3 rings (SSSR count). The SMILES string of the molecule is c1ccc(O[C@H]2C[C@H]3CC[C@@H](C2)N3)nc1. The zero-order chi connectivity index (χ0) is 10.1. The van der Waals surface area contributed by atoms with E-state index in [4.69, 9.17) is 4.74 Å². The summed E-state index contributed by atoms with van der Waals surface area (Å²) in [5, 5.41) is 3.61. The Labute approximate surface area is 89.9 Å². The van der Waals surface area contributed by atoms with Gasteiger partial charge in [-0.05, 0) is 31.7 Å². The Balaban J connectivity index is 1.65. The molecule has 0 aliphatic carbocycles. The first-order chi connectivity index (χ1) is 7.40. The lowest BCUT2D eigenvalue weighted by Crippen LogP contribution is -2.42. The fraction of sp³-hybridized carbons (Fsp3) is 0.583. The van der Waals surface area contributed by atoms with E-state index in [-0.39, 0.29) is 0 Å². The third-order valence-electron chi connectivity index (χ3n) is 3.35. The molecule has 0 unspecified atom stereocenters. The number of ether oxygens (including phenoxy) is 1. The van der Waals surface area contributed by atoms with Crippen LogP contribution in [0.15, 0.2) is 24.4 Å². The number of hydrogen-bond donors (Lipinski definition) is 1. The van der Waals surface area contributed by atoms with Crippen molar-refractivity contribution >= 4 is 0 Å². The lowest BCUT2D eigenvalue weighted by atomic mass is 10.0. The average molecular weight is 204 g/mol. The molecule has 3 heteroatoms. The van der Waals surface area contributed by atoms with E-state index in [1.807, 2.05) is 18.2 Å². The first-order valence-corrected chi connectivity index (χ1v) is 5.74. The third kappa shape index (κ3) is 1.97. The number of fused-ring (bicyclic) bond motifs is 2. The minimum atomic E-state index is 0.360. The maximum Gasteiger partial charge on any atom is 0.213 e. The molecule has 15 heavy (non-hydrogen) atoms. The van der Waals surface area contributed by atoms with Crippen LogP contribution in [0.5, 0.6) is 5.88 Å². The van der Waals surface area contributed by atoms with E-state index in [0.717, 1.165) is 18.7 Å². The van der Waals surface area contributed by atoms with E-state index in [1.54, 1.807) is 6.20 Å². The molecule has 2 saturated heterocycles. The number of piperidine rings is 1. The first-order valence-electron chi connectivity index (χ1n) is 5.74. The Hall–Kier alpha value is -1.09. The zero-order valence-corrected chi connectivity index (χ0v) is 8.73. The van der Waals surface area contributed by atoms with Crippen molar-refractivity contribution < 1.29 is 4.74 Å². The van der Waals surface area contributed by atoms with E-state index in [2.05, 4.69) is 10.3 Å². The lowest BCUT2D eigenvalue weighted by molar-refractivity contribution is 0.132. The molecule has 0 amide bonds. The standard InChI is InChI=1S/C12H16N2O/c1-2-6-13-12(3-1)15-11-7-9-4-5-10(8-11)14-9/h1-3,6,9-11,14H,4-5,7-8H2/t9-,10+,11+. The molecule has 2 aliphatic rings. The molecule has 0 aromatic carbocycles. The van der Waals surface area contributed by atoms with E-state index in [0.29, 0.717) is 18.2 Å². The minimum Gasteiger partial charge on any atom is -0.474 e. The second kappa shape index (κ2) is 3.81. The highest BCUT2D eigenvalue weighted by molar-refractivity contribution is 5.10. The van der Waals surface area contributed by atoms with E-state index >= 15 is 0 Å². The van der Waals surface area contributed by atoms with Crippen LogP contribution in [0.1, 0.15) is 25.7 Å². The van der Waals surface area contributed by atoms with Gasteiger partial charge in [0, 0.05) is 24.3 Å². The largest absolute Gasteiger partial charge is 0.474 e. The number of nitrogens with one attached hydrogen (secondary N) is 1. The molecule has 3 atom stereocenters. The topological polar surface area (TPSA) is 34.1 Å². The summed E-state index contributed by atoms with van der Waals surface area (Å²) in [5.74, 6) is 0.767. The van der Waals surface area contributed by atoms with Crippen LogP contribution in [0.4, 0.5) is 0 Å².